The monoisotopic (exact) mass is 355 g/mol. The zero-order chi connectivity index (χ0) is 17.9. The Morgan fingerprint density at radius 1 is 1.31 bits per heavy atom. The van der Waals surface area contributed by atoms with Crippen molar-refractivity contribution in [2.24, 2.45) is 0 Å². The second kappa shape index (κ2) is 7.17. The van der Waals surface area contributed by atoms with Crippen LogP contribution in [0.15, 0.2) is 45.9 Å². The Hall–Kier alpha value is -2.87. The highest BCUT2D eigenvalue weighted by atomic mass is 19.1. The first-order valence-electron chi connectivity index (χ1n) is 8.53. The van der Waals surface area contributed by atoms with Gasteiger partial charge in [-0.25, -0.2) is 9.37 Å². The van der Waals surface area contributed by atoms with Gasteiger partial charge in [-0.2, -0.15) is 0 Å². The molecule has 7 nitrogen and oxygen atoms in total. The minimum absolute atomic E-state index is 0.135. The SMILES string of the molecule is O=c1cc(C2CCCN(Cc3nnc(-c4cccc(F)c4)o3)C2)nc[nH]1. The lowest BCUT2D eigenvalue weighted by molar-refractivity contribution is 0.182. The van der Waals surface area contributed by atoms with E-state index < -0.39 is 0 Å². The third-order valence-electron chi connectivity index (χ3n) is 4.52. The number of rotatable bonds is 4. The van der Waals surface area contributed by atoms with Crippen LogP contribution in [0.3, 0.4) is 0 Å². The van der Waals surface area contributed by atoms with E-state index in [4.69, 9.17) is 4.42 Å². The summed E-state index contributed by atoms with van der Waals surface area (Å²) in [6.45, 7) is 2.20. The number of benzene rings is 1. The molecule has 3 heterocycles. The lowest BCUT2D eigenvalue weighted by Gasteiger charge is -2.31. The zero-order valence-corrected chi connectivity index (χ0v) is 14.1. The summed E-state index contributed by atoms with van der Waals surface area (Å²) in [4.78, 5) is 20.5. The first-order chi connectivity index (χ1) is 12.7. The lowest BCUT2D eigenvalue weighted by Crippen LogP contribution is -2.34. The van der Waals surface area contributed by atoms with Crippen LogP contribution in [0.4, 0.5) is 4.39 Å². The fourth-order valence-electron chi connectivity index (χ4n) is 3.29. The van der Waals surface area contributed by atoms with Crippen LogP contribution in [0, 0.1) is 5.82 Å². The third kappa shape index (κ3) is 3.70. The van der Waals surface area contributed by atoms with Crippen molar-refractivity contribution in [1.29, 1.82) is 0 Å². The highest BCUT2D eigenvalue weighted by Gasteiger charge is 2.24. The molecule has 134 valence electrons. The molecule has 0 saturated carbocycles. The molecule has 2 aromatic heterocycles. The Balaban J connectivity index is 1.45. The van der Waals surface area contributed by atoms with E-state index in [1.165, 1.54) is 18.5 Å². The quantitative estimate of drug-likeness (QED) is 0.773. The van der Waals surface area contributed by atoms with Crippen molar-refractivity contribution in [3.05, 3.63) is 64.4 Å². The molecular formula is C18H18FN5O2. The molecule has 0 aliphatic carbocycles. The van der Waals surface area contributed by atoms with Gasteiger partial charge >= 0.3 is 0 Å². The smallest absolute Gasteiger partial charge is 0.250 e. The van der Waals surface area contributed by atoms with Gasteiger partial charge in [-0.05, 0) is 37.6 Å². The number of aromatic nitrogens is 4. The van der Waals surface area contributed by atoms with E-state index in [9.17, 15) is 9.18 Å². The maximum atomic E-state index is 13.3. The molecular weight excluding hydrogens is 337 g/mol. The van der Waals surface area contributed by atoms with Crippen LogP contribution < -0.4 is 5.56 Å². The molecule has 1 saturated heterocycles. The van der Waals surface area contributed by atoms with Gasteiger partial charge in [0.05, 0.1) is 18.6 Å². The molecule has 1 unspecified atom stereocenters. The van der Waals surface area contributed by atoms with Crippen molar-refractivity contribution in [2.45, 2.75) is 25.3 Å². The van der Waals surface area contributed by atoms with Crippen molar-refractivity contribution in [2.75, 3.05) is 13.1 Å². The van der Waals surface area contributed by atoms with Crippen molar-refractivity contribution in [1.82, 2.24) is 25.1 Å². The topological polar surface area (TPSA) is 87.9 Å². The lowest BCUT2D eigenvalue weighted by atomic mass is 9.94. The molecule has 1 aliphatic rings. The average Bonchev–Trinajstić information content (AvgIpc) is 3.10. The van der Waals surface area contributed by atoms with Crippen LogP contribution >= 0.6 is 0 Å². The van der Waals surface area contributed by atoms with Crippen LogP contribution in [0.1, 0.15) is 30.3 Å². The molecule has 0 radical (unpaired) electrons. The van der Waals surface area contributed by atoms with E-state index in [0.717, 1.165) is 31.6 Å². The molecule has 1 aliphatic heterocycles. The van der Waals surface area contributed by atoms with E-state index in [0.29, 0.717) is 23.9 Å². The second-order valence-electron chi connectivity index (χ2n) is 6.42. The normalized spacial score (nSPS) is 18.1. The fourth-order valence-corrected chi connectivity index (χ4v) is 3.29. The van der Waals surface area contributed by atoms with Gasteiger partial charge in [-0.1, -0.05) is 6.07 Å². The van der Waals surface area contributed by atoms with Crippen molar-refractivity contribution in [3.8, 4) is 11.5 Å². The Morgan fingerprint density at radius 3 is 3.08 bits per heavy atom. The Labute approximate surface area is 148 Å². The summed E-state index contributed by atoms with van der Waals surface area (Å²) in [7, 11) is 0. The highest BCUT2D eigenvalue weighted by molar-refractivity contribution is 5.52. The molecule has 4 rings (SSSR count). The Bertz CT molecular complexity index is 954. The number of likely N-dealkylation sites (tertiary alicyclic amines) is 1. The molecule has 26 heavy (non-hydrogen) atoms. The van der Waals surface area contributed by atoms with Crippen LogP contribution in [0.5, 0.6) is 0 Å². The summed E-state index contributed by atoms with van der Waals surface area (Å²) in [5.41, 5.74) is 1.24. The van der Waals surface area contributed by atoms with Crippen LogP contribution in [-0.2, 0) is 6.54 Å². The van der Waals surface area contributed by atoms with Crippen molar-refractivity contribution in [3.63, 3.8) is 0 Å². The van der Waals surface area contributed by atoms with E-state index in [2.05, 4.69) is 25.1 Å². The maximum absolute atomic E-state index is 13.3. The van der Waals surface area contributed by atoms with E-state index in [1.807, 2.05) is 0 Å². The van der Waals surface area contributed by atoms with Gasteiger partial charge in [0.15, 0.2) is 0 Å². The minimum Gasteiger partial charge on any atom is -0.419 e. The summed E-state index contributed by atoms with van der Waals surface area (Å²) in [5.74, 6) is 0.663. The number of nitrogens with one attached hydrogen (secondary N) is 1. The van der Waals surface area contributed by atoms with Gasteiger partial charge in [-0.3, -0.25) is 9.69 Å². The van der Waals surface area contributed by atoms with E-state index in [-0.39, 0.29) is 17.3 Å². The molecule has 0 amide bonds. The van der Waals surface area contributed by atoms with Crippen molar-refractivity contribution >= 4 is 0 Å². The fraction of sp³-hybridized carbons (Fsp3) is 0.333. The van der Waals surface area contributed by atoms with Gasteiger partial charge in [0.25, 0.3) is 5.56 Å². The molecule has 3 aromatic rings. The third-order valence-corrected chi connectivity index (χ3v) is 4.52. The van der Waals surface area contributed by atoms with Gasteiger partial charge in [0, 0.05) is 24.1 Å². The number of nitrogens with zero attached hydrogens (tertiary/aromatic N) is 4. The summed E-state index contributed by atoms with van der Waals surface area (Å²) in [6, 6.07) is 7.64. The molecule has 0 bridgehead atoms. The summed E-state index contributed by atoms with van der Waals surface area (Å²) < 4.78 is 19.0. The molecule has 0 spiro atoms. The second-order valence-corrected chi connectivity index (χ2v) is 6.42. The number of hydrogen-bond donors (Lipinski definition) is 1. The average molecular weight is 355 g/mol. The Morgan fingerprint density at radius 2 is 2.23 bits per heavy atom. The van der Waals surface area contributed by atoms with Crippen LogP contribution in [0.2, 0.25) is 0 Å². The predicted octanol–water partition coefficient (Wildman–Crippen LogP) is 2.34. The molecule has 1 fully saturated rings. The maximum Gasteiger partial charge on any atom is 0.250 e. The van der Waals surface area contributed by atoms with E-state index in [1.54, 1.807) is 18.2 Å². The number of piperidine rings is 1. The van der Waals surface area contributed by atoms with Gasteiger partial charge in [-0.15, -0.1) is 10.2 Å². The van der Waals surface area contributed by atoms with Gasteiger partial charge in [0.2, 0.25) is 11.8 Å². The summed E-state index contributed by atoms with van der Waals surface area (Å²) >= 11 is 0. The summed E-state index contributed by atoms with van der Waals surface area (Å²) in [6.07, 6.45) is 3.44. The number of hydrogen-bond acceptors (Lipinski definition) is 6. The van der Waals surface area contributed by atoms with Crippen LogP contribution in [0.25, 0.3) is 11.5 Å². The largest absolute Gasteiger partial charge is 0.419 e. The predicted molar refractivity (Wildman–Crippen MR) is 91.8 cm³/mol. The summed E-state index contributed by atoms with van der Waals surface area (Å²) in [5, 5.41) is 8.09. The Kier molecular flexibility index (Phi) is 4.57. The highest BCUT2D eigenvalue weighted by Crippen LogP contribution is 2.26. The van der Waals surface area contributed by atoms with Crippen molar-refractivity contribution < 1.29 is 8.81 Å². The standard InChI is InChI=1S/C18H18FN5O2/c19-14-5-1-3-12(7-14)18-23-22-17(26-18)10-24-6-2-4-13(9-24)15-8-16(25)21-11-20-15/h1,3,5,7-8,11,13H,2,4,6,9-10H2,(H,20,21,25). The zero-order valence-electron chi connectivity index (χ0n) is 14.1. The molecule has 1 atom stereocenters. The first-order valence-corrected chi connectivity index (χ1v) is 8.53. The minimum atomic E-state index is -0.341. The molecule has 8 heteroatoms. The van der Waals surface area contributed by atoms with Gasteiger partial charge < -0.3 is 9.40 Å². The van der Waals surface area contributed by atoms with Gasteiger partial charge in [0.1, 0.15) is 5.82 Å². The number of H-pyrrole nitrogens is 1. The number of aromatic amines is 1. The molecule has 1 aromatic carbocycles. The van der Waals surface area contributed by atoms with Crippen LogP contribution in [-0.4, -0.2) is 38.2 Å². The first kappa shape index (κ1) is 16.6. The number of halogens is 1. The van der Waals surface area contributed by atoms with E-state index >= 15 is 0 Å². The molecule has 1 N–H and O–H groups in total.